The van der Waals surface area contributed by atoms with Gasteiger partial charge in [-0.25, -0.2) is 0 Å². The number of likely N-dealkylation sites (tertiary alicyclic amines) is 1. The molecule has 0 radical (unpaired) electrons. The summed E-state index contributed by atoms with van der Waals surface area (Å²) in [6, 6.07) is 7.27. The maximum absolute atomic E-state index is 13.6. The minimum atomic E-state index is -0.590. The Morgan fingerprint density at radius 1 is 1.05 bits per heavy atom. The summed E-state index contributed by atoms with van der Waals surface area (Å²) >= 11 is 0. The van der Waals surface area contributed by atoms with Crippen LogP contribution in [0.2, 0.25) is 0 Å². The first-order chi connectivity index (χ1) is 18.3. The minimum Gasteiger partial charge on any atom is -0.507 e. The molecule has 2 aliphatic heterocycles. The van der Waals surface area contributed by atoms with Crippen LogP contribution in [0.3, 0.4) is 0 Å². The molecule has 0 aromatic heterocycles. The van der Waals surface area contributed by atoms with Gasteiger partial charge in [0.1, 0.15) is 24.1 Å². The molecule has 7 nitrogen and oxygen atoms in total. The van der Waals surface area contributed by atoms with Crippen LogP contribution in [0.15, 0.2) is 24.3 Å². The zero-order valence-corrected chi connectivity index (χ0v) is 23.4. The molecule has 2 aromatic carbocycles. The molecule has 7 heteroatoms. The highest BCUT2D eigenvalue weighted by atomic mass is 16.5. The van der Waals surface area contributed by atoms with Crippen molar-refractivity contribution in [1.29, 1.82) is 0 Å². The Labute approximate surface area is 227 Å². The first-order valence-electron chi connectivity index (χ1n) is 14.2. The molecular weight excluding hydrogens is 478 g/mol. The third-order valence-corrected chi connectivity index (χ3v) is 8.11. The lowest BCUT2D eigenvalue weighted by molar-refractivity contribution is -0.140. The molecule has 2 aromatic rings. The maximum atomic E-state index is 13.6. The Balaban J connectivity index is 1.51. The number of aryl methyl sites for hydroxylation is 1. The van der Waals surface area contributed by atoms with Crippen molar-refractivity contribution in [3.63, 3.8) is 0 Å². The van der Waals surface area contributed by atoms with Gasteiger partial charge in [-0.15, -0.1) is 0 Å². The summed E-state index contributed by atoms with van der Waals surface area (Å²) in [6.45, 7) is 11.9. The number of carbonyl (C=O) groups is 2. The van der Waals surface area contributed by atoms with Crippen molar-refractivity contribution in [2.24, 2.45) is 0 Å². The fourth-order valence-corrected chi connectivity index (χ4v) is 5.53. The maximum Gasteiger partial charge on any atom is 0.247 e. The van der Waals surface area contributed by atoms with Crippen molar-refractivity contribution in [3.8, 4) is 11.5 Å². The molecule has 2 amide bonds. The number of fused-ring (bicyclic) bond motifs is 1. The van der Waals surface area contributed by atoms with Crippen LogP contribution in [0.4, 0.5) is 5.69 Å². The van der Waals surface area contributed by atoms with E-state index in [4.69, 9.17) is 4.74 Å². The number of unbranched alkanes of at least 4 members (excludes halogenated alkanes) is 2. The second kappa shape index (κ2) is 12.7. The number of rotatable bonds is 10. The molecule has 2 heterocycles. The van der Waals surface area contributed by atoms with E-state index in [1.807, 2.05) is 39.0 Å². The van der Waals surface area contributed by atoms with Crippen LogP contribution in [-0.4, -0.2) is 59.0 Å². The molecular formula is C31H43N3O4. The summed E-state index contributed by atoms with van der Waals surface area (Å²) in [7, 11) is 0. The molecule has 0 saturated carbocycles. The number of carbonyl (C=O) groups excluding carboxylic acids is 2. The Bertz CT molecular complexity index is 1160. The second-order valence-electron chi connectivity index (χ2n) is 10.9. The number of benzene rings is 2. The SMILES string of the molecule is CCCCCC(=O)N1Cc2cc(OCCN3CCCC3)ccc2C[C@H]1C(=O)Nc1cc(C)c(O)c(C)c1C. The average Bonchev–Trinajstić information content (AvgIpc) is 3.43. The number of aromatic hydroxyl groups is 1. The minimum absolute atomic E-state index is 0.0133. The molecule has 1 atom stereocenters. The highest BCUT2D eigenvalue weighted by Gasteiger charge is 2.35. The first-order valence-corrected chi connectivity index (χ1v) is 14.2. The molecule has 1 saturated heterocycles. The lowest BCUT2D eigenvalue weighted by Gasteiger charge is -2.36. The fourth-order valence-electron chi connectivity index (χ4n) is 5.53. The number of phenolic OH excluding ortho intramolecular Hbond substituents is 1. The van der Waals surface area contributed by atoms with Crippen LogP contribution in [0.5, 0.6) is 11.5 Å². The summed E-state index contributed by atoms with van der Waals surface area (Å²) in [5.74, 6) is 0.880. The summed E-state index contributed by atoms with van der Waals surface area (Å²) in [5, 5.41) is 13.3. The normalized spacial score (nSPS) is 17.4. The lowest BCUT2D eigenvalue weighted by atomic mass is 9.92. The molecule has 38 heavy (non-hydrogen) atoms. The monoisotopic (exact) mass is 521 g/mol. The Hall–Kier alpha value is -3.06. The third-order valence-electron chi connectivity index (χ3n) is 8.11. The van der Waals surface area contributed by atoms with Crippen LogP contribution in [-0.2, 0) is 22.6 Å². The Morgan fingerprint density at radius 2 is 1.82 bits per heavy atom. The molecule has 0 spiro atoms. The molecule has 0 unspecified atom stereocenters. The van der Waals surface area contributed by atoms with Crippen molar-refractivity contribution >= 4 is 17.5 Å². The Morgan fingerprint density at radius 3 is 2.55 bits per heavy atom. The molecule has 206 valence electrons. The third kappa shape index (κ3) is 6.49. The van der Waals surface area contributed by atoms with Gasteiger partial charge in [-0.1, -0.05) is 25.8 Å². The van der Waals surface area contributed by atoms with Gasteiger partial charge in [-0.2, -0.15) is 0 Å². The number of nitrogens with one attached hydrogen (secondary N) is 1. The average molecular weight is 522 g/mol. The van der Waals surface area contributed by atoms with E-state index in [2.05, 4.69) is 17.1 Å². The van der Waals surface area contributed by atoms with Crippen LogP contribution >= 0.6 is 0 Å². The Kier molecular flexibility index (Phi) is 9.31. The van der Waals surface area contributed by atoms with E-state index in [0.29, 0.717) is 37.2 Å². The lowest BCUT2D eigenvalue weighted by Crippen LogP contribution is -2.50. The van der Waals surface area contributed by atoms with Crippen LogP contribution in [0.25, 0.3) is 0 Å². The van der Waals surface area contributed by atoms with Gasteiger partial charge in [0.15, 0.2) is 0 Å². The van der Waals surface area contributed by atoms with Crippen molar-refractivity contribution in [2.75, 3.05) is 31.6 Å². The van der Waals surface area contributed by atoms with E-state index >= 15 is 0 Å². The van der Waals surface area contributed by atoms with Gasteiger partial charge < -0.3 is 20.1 Å². The molecule has 1 fully saturated rings. The number of ether oxygens (including phenoxy) is 1. The van der Waals surface area contributed by atoms with Crippen LogP contribution < -0.4 is 10.1 Å². The predicted octanol–water partition coefficient (Wildman–Crippen LogP) is 5.26. The van der Waals surface area contributed by atoms with Gasteiger partial charge in [0.2, 0.25) is 11.8 Å². The van der Waals surface area contributed by atoms with Crippen LogP contribution in [0.1, 0.15) is 73.3 Å². The highest BCUT2D eigenvalue weighted by Crippen LogP contribution is 2.32. The van der Waals surface area contributed by atoms with E-state index in [-0.39, 0.29) is 17.6 Å². The van der Waals surface area contributed by atoms with Gasteiger partial charge in [0.05, 0.1) is 0 Å². The number of anilines is 1. The van der Waals surface area contributed by atoms with Crippen molar-refractivity contribution in [3.05, 3.63) is 52.1 Å². The highest BCUT2D eigenvalue weighted by molar-refractivity contribution is 5.98. The van der Waals surface area contributed by atoms with E-state index in [9.17, 15) is 14.7 Å². The number of hydrogen-bond donors (Lipinski definition) is 2. The van der Waals surface area contributed by atoms with Gasteiger partial charge in [-0.3, -0.25) is 14.5 Å². The van der Waals surface area contributed by atoms with E-state index < -0.39 is 6.04 Å². The summed E-state index contributed by atoms with van der Waals surface area (Å²) in [4.78, 5) is 31.1. The summed E-state index contributed by atoms with van der Waals surface area (Å²) in [5.41, 5.74) is 5.08. The summed E-state index contributed by atoms with van der Waals surface area (Å²) < 4.78 is 6.06. The quantitative estimate of drug-likeness (QED) is 0.329. The molecule has 0 aliphatic carbocycles. The standard InChI is InChI=1S/C31H43N3O4/c1-5-6-7-10-29(35)34-20-25-18-26(38-16-15-33-13-8-9-14-33)12-11-24(25)19-28(34)31(37)32-27-17-21(2)30(36)23(4)22(27)3/h11-12,17-18,28,36H,5-10,13-16,19-20H2,1-4H3,(H,32,37)/t28-/m0/s1. The number of phenols is 1. The van der Waals surface area contributed by atoms with E-state index in [0.717, 1.165) is 66.9 Å². The van der Waals surface area contributed by atoms with E-state index in [1.54, 1.807) is 11.0 Å². The van der Waals surface area contributed by atoms with Crippen molar-refractivity contribution < 1.29 is 19.4 Å². The van der Waals surface area contributed by atoms with Gasteiger partial charge in [0.25, 0.3) is 0 Å². The fraction of sp³-hybridized carbons (Fsp3) is 0.548. The molecule has 4 rings (SSSR count). The van der Waals surface area contributed by atoms with Crippen molar-refractivity contribution in [1.82, 2.24) is 9.80 Å². The molecule has 0 bridgehead atoms. The zero-order chi connectivity index (χ0) is 27.2. The number of amides is 2. The smallest absolute Gasteiger partial charge is 0.247 e. The number of nitrogens with zero attached hydrogens (tertiary/aromatic N) is 2. The first kappa shape index (κ1) is 28.0. The summed E-state index contributed by atoms with van der Waals surface area (Å²) in [6.07, 6.45) is 6.29. The zero-order valence-electron chi connectivity index (χ0n) is 23.4. The molecule has 2 aliphatic rings. The largest absolute Gasteiger partial charge is 0.507 e. The topological polar surface area (TPSA) is 82.1 Å². The number of hydrogen-bond acceptors (Lipinski definition) is 5. The van der Waals surface area contributed by atoms with Crippen molar-refractivity contribution in [2.45, 2.75) is 85.2 Å². The van der Waals surface area contributed by atoms with E-state index in [1.165, 1.54) is 12.8 Å². The second-order valence-corrected chi connectivity index (χ2v) is 10.9. The van der Waals surface area contributed by atoms with Crippen LogP contribution in [0, 0.1) is 20.8 Å². The predicted molar refractivity (Wildman–Crippen MR) is 151 cm³/mol. The van der Waals surface area contributed by atoms with Gasteiger partial charge in [-0.05, 0) is 99.1 Å². The van der Waals surface area contributed by atoms with Gasteiger partial charge >= 0.3 is 0 Å². The van der Waals surface area contributed by atoms with Gasteiger partial charge in [0, 0.05) is 31.6 Å². The molecule has 2 N–H and O–H groups in total.